The fourth-order valence-corrected chi connectivity index (χ4v) is 1.03. The zero-order valence-corrected chi connectivity index (χ0v) is 10.7. The minimum absolute atomic E-state index is 0.889. The van der Waals surface area contributed by atoms with Crippen molar-refractivity contribution in [3.8, 4) is 0 Å². The zero-order chi connectivity index (χ0) is 11.6. The van der Waals surface area contributed by atoms with E-state index in [1.165, 1.54) is 12.0 Å². The maximum absolute atomic E-state index is 5.39. The predicted molar refractivity (Wildman–Crippen MR) is 65.4 cm³/mol. The molecule has 0 aromatic rings. The Morgan fingerprint density at radius 1 is 1.14 bits per heavy atom. The first kappa shape index (κ1) is 15.7. The first-order valence-electron chi connectivity index (χ1n) is 5.70. The van der Waals surface area contributed by atoms with Crippen LogP contribution in [-0.4, -0.2) is 6.61 Å². The molecule has 1 saturated heterocycles. The molecule has 1 heterocycles. The van der Waals surface area contributed by atoms with E-state index < -0.39 is 0 Å². The van der Waals surface area contributed by atoms with Crippen molar-refractivity contribution in [3.05, 3.63) is 23.5 Å². The number of hydrogen-bond acceptors (Lipinski definition) is 1. The lowest BCUT2D eigenvalue weighted by Crippen LogP contribution is -1.86. The largest absolute Gasteiger partial charge is 0.498 e. The highest BCUT2D eigenvalue weighted by atomic mass is 16.5. The van der Waals surface area contributed by atoms with Crippen molar-refractivity contribution < 1.29 is 4.74 Å². The van der Waals surface area contributed by atoms with Gasteiger partial charge in [0, 0.05) is 6.42 Å². The molecule has 0 atom stereocenters. The highest BCUT2D eigenvalue weighted by Crippen LogP contribution is 2.23. The van der Waals surface area contributed by atoms with Gasteiger partial charge in [-0.15, -0.1) is 0 Å². The summed E-state index contributed by atoms with van der Waals surface area (Å²) in [4.78, 5) is 0. The summed E-state index contributed by atoms with van der Waals surface area (Å²) < 4.78 is 5.39. The summed E-state index contributed by atoms with van der Waals surface area (Å²) in [7, 11) is 0. The second kappa shape index (κ2) is 10.4. The summed E-state index contributed by atoms with van der Waals surface area (Å²) in [5.74, 6) is 1.15. The molecular formula is C13H26O. The average molecular weight is 198 g/mol. The van der Waals surface area contributed by atoms with Gasteiger partial charge in [-0.25, -0.2) is 0 Å². The molecule has 1 nitrogen and oxygen atoms in total. The van der Waals surface area contributed by atoms with Crippen LogP contribution in [0.2, 0.25) is 0 Å². The van der Waals surface area contributed by atoms with Crippen LogP contribution < -0.4 is 0 Å². The quantitative estimate of drug-likeness (QED) is 0.593. The lowest BCUT2D eigenvalue weighted by Gasteiger charge is -2.03. The minimum Gasteiger partial charge on any atom is -0.498 e. The van der Waals surface area contributed by atoms with E-state index in [0.29, 0.717) is 0 Å². The molecule has 84 valence electrons. The molecular weight excluding hydrogens is 172 g/mol. The van der Waals surface area contributed by atoms with Gasteiger partial charge in [0.2, 0.25) is 0 Å². The molecule has 0 saturated carbocycles. The van der Waals surface area contributed by atoms with Crippen molar-refractivity contribution >= 4 is 0 Å². The van der Waals surface area contributed by atoms with Gasteiger partial charge in [-0.3, -0.25) is 0 Å². The van der Waals surface area contributed by atoms with Crippen molar-refractivity contribution in [1.29, 1.82) is 0 Å². The Morgan fingerprint density at radius 3 is 1.93 bits per heavy atom. The Balaban J connectivity index is 0. The fraction of sp³-hybridized carbons (Fsp3) is 0.692. The molecule has 14 heavy (non-hydrogen) atoms. The van der Waals surface area contributed by atoms with Gasteiger partial charge in [-0.05, 0) is 25.8 Å². The van der Waals surface area contributed by atoms with Crippen molar-refractivity contribution in [2.45, 2.75) is 54.4 Å². The van der Waals surface area contributed by atoms with E-state index in [1.54, 1.807) is 0 Å². The Morgan fingerprint density at radius 2 is 1.64 bits per heavy atom. The van der Waals surface area contributed by atoms with Gasteiger partial charge in [0.15, 0.2) is 0 Å². The van der Waals surface area contributed by atoms with Crippen molar-refractivity contribution in [1.82, 2.24) is 0 Å². The normalized spacial score (nSPS) is 16.7. The van der Waals surface area contributed by atoms with Crippen LogP contribution in [0.15, 0.2) is 23.5 Å². The molecule has 1 rings (SSSR count). The van der Waals surface area contributed by atoms with E-state index in [-0.39, 0.29) is 0 Å². The van der Waals surface area contributed by atoms with E-state index >= 15 is 0 Å². The zero-order valence-electron chi connectivity index (χ0n) is 10.7. The Labute approximate surface area is 89.9 Å². The molecule has 1 heteroatoms. The summed E-state index contributed by atoms with van der Waals surface area (Å²) in [6.07, 6.45) is 2.26. The molecule has 1 aliphatic heterocycles. The van der Waals surface area contributed by atoms with Gasteiger partial charge in [0.1, 0.15) is 0 Å². The molecule has 1 fully saturated rings. The maximum Gasteiger partial charge on any atom is 0.0992 e. The van der Waals surface area contributed by atoms with Crippen molar-refractivity contribution in [2.24, 2.45) is 0 Å². The molecule has 0 aliphatic carbocycles. The third-order valence-electron chi connectivity index (χ3n) is 1.88. The van der Waals surface area contributed by atoms with Gasteiger partial charge >= 0.3 is 0 Å². The summed E-state index contributed by atoms with van der Waals surface area (Å²) in [6.45, 7) is 16.8. The van der Waals surface area contributed by atoms with E-state index in [4.69, 9.17) is 4.74 Å². The van der Waals surface area contributed by atoms with Crippen LogP contribution >= 0.6 is 0 Å². The number of ether oxygens (including phenoxy) is 1. The van der Waals surface area contributed by atoms with Crippen LogP contribution in [0.4, 0.5) is 0 Å². The first-order valence-corrected chi connectivity index (χ1v) is 5.70. The van der Waals surface area contributed by atoms with Gasteiger partial charge in [-0.2, -0.15) is 0 Å². The lowest BCUT2D eigenvalue weighted by molar-refractivity contribution is 0.260. The van der Waals surface area contributed by atoms with Gasteiger partial charge in [0.05, 0.1) is 12.4 Å². The van der Waals surface area contributed by atoms with E-state index in [0.717, 1.165) is 24.4 Å². The summed E-state index contributed by atoms with van der Waals surface area (Å²) in [5.41, 5.74) is 2.36. The number of allylic oxidation sites excluding steroid dienone is 3. The molecule has 0 unspecified atom stereocenters. The SMILES string of the molecule is C=C(C)/C(C)=C1\CCCO1.CC.CC. The third-order valence-corrected chi connectivity index (χ3v) is 1.88. The van der Waals surface area contributed by atoms with Crippen molar-refractivity contribution in [2.75, 3.05) is 6.61 Å². The lowest BCUT2D eigenvalue weighted by atomic mass is 10.1. The molecule has 0 spiro atoms. The maximum atomic E-state index is 5.39. The van der Waals surface area contributed by atoms with Crippen LogP contribution in [0.3, 0.4) is 0 Å². The molecule has 0 aromatic carbocycles. The molecule has 0 amide bonds. The molecule has 1 aliphatic rings. The third kappa shape index (κ3) is 5.85. The minimum atomic E-state index is 0.889. The van der Waals surface area contributed by atoms with E-state index in [9.17, 15) is 0 Å². The smallest absolute Gasteiger partial charge is 0.0992 e. The molecule has 0 bridgehead atoms. The Bertz CT molecular complexity index is 170. The summed E-state index contributed by atoms with van der Waals surface area (Å²) in [6, 6.07) is 0. The van der Waals surface area contributed by atoms with Crippen LogP contribution in [0.25, 0.3) is 0 Å². The van der Waals surface area contributed by atoms with Gasteiger partial charge in [-0.1, -0.05) is 39.8 Å². The molecule has 0 radical (unpaired) electrons. The molecule has 0 N–H and O–H groups in total. The van der Waals surface area contributed by atoms with Gasteiger partial charge < -0.3 is 4.74 Å². The fourth-order valence-electron chi connectivity index (χ4n) is 1.03. The van der Waals surface area contributed by atoms with Crippen LogP contribution in [-0.2, 0) is 4.74 Å². The second-order valence-corrected chi connectivity index (χ2v) is 2.78. The van der Waals surface area contributed by atoms with Gasteiger partial charge in [0.25, 0.3) is 0 Å². The van der Waals surface area contributed by atoms with E-state index in [2.05, 4.69) is 13.5 Å². The highest BCUT2D eigenvalue weighted by Gasteiger charge is 2.10. The van der Waals surface area contributed by atoms with Crippen molar-refractivity contribution in [3.63, 3.8) is 0 Å². The first-order chi connectivity index (χ1) is 6.72. The van der Waals surface area contributed by atoms with Crippen LogP contribution in [0, 0.1) is 0 Å². The Kier molecular flexibility index (Phi) is 11.6. The average Bonchev–Trinajstić information content (AvgIpc) is 2.75. The molecule has 0 aromatic heterocycles. The standard InChI is InChI=1S/C9H14O.2C2H6/c1-7(2)8(3)9-5-4-6-10-9;2*1-2/h1,4-6H2,2-3H3;2*1-2H3/b9-8+;;. The van der Waals surface area contributed by atoms with Crippen LogP contribution in [0.1, 0.15) is 54.4 Å². The van der Waals surface area contributed by atoms with E-state index in [1.807, 2.05) is 34.6 Å². The Hall–Kier alpha value is -0.720. The highest BCUT2D eigenvalue weighted by molar-refractivity contribution is 5.27. The van der Waals surface area contributed by atoms with Crippen LogP contribution in [0.5, 0.6) is 0 Å². The summed E-state index contributed by atoms with van der Waals surface area (Å²) >= 11 is 0. The second-order valence-electron chi connectivity index (χ2n) is 2.78. The summed E-state index contributed by atoms with van der Waals surface area (Å²) in [5, 5.41) is 0. The predicted octanol–water partition coefficient (Wildman–Crippen LogP) is 4.70. The monoisotopic (exact) mass is 198 g/mol. The number of hydrogen-bond donors (Lipinski definition) is 0. The topological polar surface area (TPSA) is 9.23 Å². The number of rotatable bonds is 1.